The number of carbonyl (C=O) groups is 1. The van der Waals surface area contributed by atoms with E-state index >= 15 is 0 Å². The van der Waals surface area contributed by atoms with Gasteiger partial charge in [0.15, 0.2) is 0 Å². The van der Waals surface area contributed by atoms with Gasteiger partial charge in [-0.15, -0.1) is 0 Å². The van der Waals surface area contributed by atoms with Gasteiger partial charge in [0.25, 0.3) is 11.6 Å². The lowest BCUT2D eigenvalue weighted by Crippen LogP contribution is -2.36. The van der Waals surface area contributed by atoms with Crippen LogP contribution in [0.5, 0.6) is 0 Å². The van der Waals surface area contributed by atoms with Crippen LogP contribution in [0.25, 0.3) is 0 Å². The molecular formula is C24H30N4O5S. The van der Waals surface area contributed by atoms with Crippen LogP contribution in [0.4, 0.5) is 17.1 Å². The summed E-state index contributed by atoms with van der Waals surface area (Å²) in [5.41, 5.74) is 1.47. The van der Waals surface area contributed by atoms with Crippen LogP contribution >= 0.6 is 0 Å². The molecule has 0 bridgehead atoms. The normalized spacial score (nSPS) is 17.4. The fourth-order valence-electron chi connectivity index (χ4n) is 4.70. The van der Waals surface area contributed by atoms with Crippen LogP contribution in [0.2, 0.25) is 0 Å². The van der Waals surface area contributed by atoms with Gasteiger partial charge in [-0.1, -0.05) is 12.5 Å². The van der Waals surface area contributed by atoms with E-state index in [1.807, 2.05) is 0 Å². The van der Waals surface area contributed by atoms with Gasteiger partial charge in [0.05, 0.1) is 21.2 Å². The summed E-state index contributed by atoms with van der Waals surface area (Å²) in [5.74, 6) is -0.507. The Morgan fingerprint density at radius 3 is 2.26 bits per heavy atom. The lowest BCUT2D eigenvalue weighted by Gasteiger charge is -2.31. The van der Waals surface area contributed by atoms with Crippen molar-refractivity contribution in [2.45, 2.75) is 50.3 Å². The lowest BCUT2D eigenvalue weighted by molar-refractivity contribution is -0.385. The molecule has 2 aromatic carbocycles. The summed E-state index contributed by atoms with van der Waals surface area (Å²) in [4.78, 5) is 26.3. The number of nitrogens with one attached hydrogen (secondary N) is 1. The molecule has 2 heterocycles. The molecule has 0 aromatic heterocycles. The predicted octanol–water partition coefficient (Wildman–Crippen LogP) is 4.32. The van der Waals surface area contributed by atoms with E-state index in [0.29, 0.717) is 18.8 Å². The highest BCUT2D eigenvalue weighted by Gasteiger charge is 2.28. The first-order valence-corrected chi connectivity index (χ1v) is 13.2. The number of benzene rings is 2. The number of nitro benzene ring substituents is 1. The summed E-state index contributed by atoms with van der Waals surface area (Å²) < 4.78 is 28.1. The van der Waals surface area contributed by atoms with Gasteiger partial charge in [-0.25, -0.2) is 8.42 Å². The second-order valence-corrected chi connectivity index (χ2v) is 10.8. The van der Waals surface area contributed by atoms with Crippen molar-refractivity contribution in [1.29, 1.82) is 0 Å². The minimum Gasteiger partial charge on any atom is -0.370 e. The van der Waals surface area contributed by atoms with E-state index in [4.69, 9.17) is 0 Å². The Morgan fingerprint density at radius 2 is 1.62 bits per heavy atom. The Morgan fingerprint density at radius 1 is 0.971 bits per heavy atom. The van der Waals surface area contributed by atoms with Gasteiger partial charge >= 0.3 is 0 Å². The molecule has 182 valence electrons. The van der Waals surface area contributed by atoms with E-state index in [1.54, 1.807) is 12.1 Å². The molecule has 2 fully saturated rings. The van der Waals surface area contributed by atoms with E-state index in [1.165, 1.54) is 35.5 Å². The zero-order valence-electron chi connectivity index (χ0n) is 19.3. The van der Waals surface area contributed by atoms with E-state index in [9.17, 15) is 23.3 Å². The van der Waals surface area contributed by atoms with Crippen molar-refractivity contribution < 1.29 is 18.1 Å². The van der Waals surface area contributed by atoms with Crippen molar-refractivity contribution in [3.8, 4) is 0 Å². The molecule has 0 aliphatic carbocycles. The largest absolute Gasteiger partial charge is 0.370 e. The molecule has 4 rings (SSSR count). The Labute approximate surface area is 200 Å². The van der Waals surface area contributed by atoms with Crippen molar-refractivity contribution in [3.63, 3.8) is 0 Å². The fourth-order valence-corrected chi connectivity index (χ4v) is 6.24. The fraction of sp³-hybridized carbons (Fsp3) is 0.458. The molecule has 0 radical (unpaired) electrons. The molecule has 9 nitrogen and oxygen atoms in total. The second-order valence-electron chi connectivity index (χ2n) is 8.85. The molecule has 1 N–H and O–H groups in total. The van der Waals surface area contributed by atoms with Crippen molar-refractivity contribution >= 4 is 33.0 Å². The van der Waals surface area contributed by atoms with E-state index < -0.39 is 20.9 Å². The summed E-state index contributed by atoms with van der Waals surface area (Å²) in [6, 6.07) is 9.27. The lowest BCUT2D eigenvalue weighted by atomic mass is 10.1. The van der Waals surface area contributed by atoms with Gasteiger partial charge in [0.2, 0.25) is 10.0 Å². The Kier molecular flexibility index (Phi) is 7.18. The molecule has 10 heteroatoms. The smallest absolute Gasteiger partial charge is 0.273 e. The van der Waals surface area contributed by atoms with Crippen LogP contribution in [0.1, 0.15) is 54.4 Å². The number of anilines is 2. The quantitative estimate of drug-likeness (QED) is 0.481. The minimum absolute atomic E-state index is 0.134. The van der Waals surface area contributed by atoms with Gasteiger partial charge in [-0.2, -0.15) is 4.31 Å². The molecule has 2 aliphatic rings. The zero-order valence-corrected chi connectivity index (χ0v) is 20.1. The molecular weight excluding hydrogens is 456 g/mol. The number of sulfonamides is 1. The Hall–Kier alpha value is -2.98. The highest BCUT2D eigenvalue weighted by molar-refractivity contribution is 7.89. The van der Waals surface area contributed by atoms with E-state index in [-0.39, 0.29) is 21.7 Å². The Balaban J connectivity index is 1.71. The summed E-state index contributed by atoms with van der Waals surface area (Å²) in [6.07, 6.45) is 5.86. The molecule has 34 heavy (non-hydrogen) atoms. The molecule has 1 amide bonds. The third-order valence-corrected chi connectivity index (χ3v) is 8.51. The molecule has 2 saturated heterocycles. The van der Waals surface area contributed by atoms with Gasteiger partial charge in [0, 0.05) is 43.4 Å². The molecule has 2 aromatic rings. The summed E-state index contributed by atoms with van der Waals surface area (Å²) in [5, 5.41) is 14.2. The third kappa shape index (κ3) is 4.92. The van der Waals surface area contributed by atoms with Crippen molar-refractivity contribution in [2.75, 3.05) is 36.4 Å². The number of piperidine rings is 2. The van der Waals surface area contributed by atoms with Gasteiger partial charge in [-0.05, 0) is 63.3 Å². The summed E-state index contributed by atoms with van der Waals surface area (Å²) in [7, 11) is -3.68. The third-order valence-electron chi connectivity index (χ3n) is 6.61. The first-order valence-electron chi connectivity index (χ1n) is 11.7. The van der Waals surface area contributed by atoms with Gasteiger partial charge in [0.1, 0.15) is 0 Å². The Bertz CT molecular complexity index is 1190. The number of rotatable bonds is 6. The van der Waals surface area contributed by atoms with Gasteiger partial charge < -0.3 is 10.2 Å². The predicted molar refractivity (Wildman–Crippen MR) is 131 cm³/mol. The van der Waals surface area contributed by atoms with Crippen molar-refractivity contribution in [1.82, 2.24) is 4.31 Å². The SMILES string of the molecule is Cc1c(C(=O)Nc2cc(S(=O)(=O)N3CCCCC3)ccc2N2CCCCC2)cccc1[N+](=O)[O-]. The number of carbonyl (C=O) groups excluding carboxylic acids is 1. The maximum absolute atomic E-state index is 13.3. The number of nitro groups is 1. The standard InChI is InChI=1S/C24H30N4O5S/c1-18-20(9-8-10-22(18)28(30)31)24(29)25-21-17-19(34(32,33)27-15-6-3-7-16-27)11-12-23(21)26-13-4-2-5-14-26/h8-12,17H,2-7,13-16H2,1H3,(H,25,29). The van der Waals surface area contributed by atoms with E-state index in [2.05, 4.69) is 10.2 Å². The maximum Gasteiger partial charge on any atom is 0.273 e. The van der Waals surface area contributed by atoms with Crippen molar-refractivity contribution in [3.05, 3.63) is 57.6 Å². The van der Waals surface area contributed by atoms with Crippen LogP contribution in [0.3, 0.4) is 0 Å². The first kappa shape index (κ1) is 24.2. The van der Waals surface area contributed by atoms with Gasteiger partial charge in [-0.3, -0.25) is 14.9 Å². The molecule has 2 aliphatic heterocycles. The van der Waals surface area contributed by atoms with Crippen LogP contribution in [-0.4, -0.2) is 49.7 Å². The zero-order chi connectivity index (χ0) is 24.3. The minimum atomic E-state index is -3.68. The number of amides is 1. The second kappa shape index (κ2) is 10.1. The monoisotopic (exact) mass is 486 g/mol. The molecule has 0 saturated carbocycles. The van der Waals surface area contributed by atoms with E-state index in [0.717, 1.165) is 57.3 Å². The average molecular weight is 487 g/mol. The van der Waals surface area contributed by atoms with Crippen LogP contribution in [0.15, 0.2) is 41.3 Å². The number of hydrogen-bond donors (Lipinski definition) is 1. The summed E-state index contributed by atoms with van der Waals surface area (Å²) >= 11 is 0. The summed E-state index contributed by atoms with van der Waals surface area (Å²) in [6.45, 7) is 4.15. The average Bonchev–Trinajstić information content (AvgIpc) is 2.85. The highest BCUT2D eigenvalue weighted by atomic mass is 32.2. The number of nitrogens with zero attached hydrogens (tertiary/aromatic N) is 3. The number of hydrogen-bond acceptors (Lipinski definition) is 6. The molecule has 0 spiro atoms. The molecule has 0 unspecified atom stereocenters. The van der Waals surface area contributed by atoms with Crippen LogP contribution < -0.4 is 10.2 Å². The maximum atomic E-state index is 13.3. The van der Waals surface area contributed by atoms with Crippen molar-refractivity contribution in [2.24, 2.45) is 0 Å². The van der Waals surface area contributed by atoms with Crippen LogP contribution in [-0.2, 0) is 10.0 Å². The highest BCUT2D eigenvalue weighted by Crippen LogP contribution is 2.33. The topological polar surface area (TPSA) is 113 Å². The first-order chi connectivity index (χ1) is 16.3. The van der Waals surface area contributed by atoms with Crippen LogP contribution in [0, 0.1) is 17.0 Å². The molecule has 0 atom stereocenters.